The van der Waals surface area contributed by atoms with E-state index in [0.29, 0.717) is 13.2 Å². The Labute approximate surface area is 151 Å². The summed E-state index contributed by atoms with van der Waals surface area (Å²) in [6.07, 6.45) is 2.99. The number of benzene rings is 1. The number of nitrogens with zero attached hydrogens (tertiary/aromatic N) is 1. The van der Waals surface area contributed by atoms with E-state index >= 15 is 0 Å². The summed E-state index contributed by atoms with van der Waals surface area (Å²) >= 11 is 0. The Bertz CT molecular complexity index is 663. The SMILES string of the molecule is COC[C@H]1[C@@H](NS(C)(=O)=O)CCCN1CCOc1ccc(C)cc1C. The van der Waals surface area contributed by atoms with Gasteiger partial charge in [-0.1, -0.05) is 17.7 Å². The summed E-state index contributed by atoms with van der Waals surface area (Å²) in [5.74, 6) is 0.900. The number of aryl methyl sites for hydroxylation is 2. The molecule has 1 aliphatic heterocycles. The van der Waals surface area contributed by atoms with Gasteiger partial charge in [0.1, 0.15) is 12.4 Å². The van der Waals surface area contributed by atoms with Crippen LogP contribution < -0.4 is 9.46 Å². The fourth-order valence-electron chi connectivity index (χ4n) is 3.44. The van der Waals surface area contributed by atoms with Crippen molar-refractivity contribution < 1.29 is 17.9 Å². The third-order valence-corrected chi connectivity index (χ3v) is 5.29. The Morgan fingerprint density at radius 1 is 1.32 bits per heavy atom. The first-order valence-electron chi connectivity index (χ1n) is 8.70. The molecule has 0 spiro atoms. The number of nitrogens with one attached hydrogen (secondary N) is 1. The van der Waals surface area contributed by atoms with E-state index in [-0.39, 0.29) is 12.1 Å². The lowest BCUT2D eigenvalue weighted by atomic mass is 9.97. The fourth-order valence-corrected chi connectivity index (χ4v) is 4.27. The van der Waals surface area contributed by atoms with Crippen molar-refractivity contribution >= 4 is 10.0 Å². The first kappa shape index (κ1) is 20.2. The molecule has 2 rings (SSSR count). The van der Waals surface area contributed by atoms with Crippen LogP contribution in [0.5, 0.6) is 5.75 Å². The molecule has 142 valence electrons. The highest BCUT2D eigenvalue weighted by atomic mass is 32.2. The number of likely N-dealkylation sites (tertiary alicyclic amines) is 1. The predicted octanol–water partition coefficient (Wildman–Crippen LogP) is 1.71. The van der Waals surface area contributed by atoms with E-state index in [1.54, 1.807) is 7.11 Å². The van der Waals surface area contributed by atoms with Crippen LogP contribution in [-0.4, -0.2) is 65.1 Å². The van der Waals surface area contributed by atoms with Crippen LogP contribution in [0.15, 0.2) is 18.2 Å². The van der Waals surface area contributed by atoms with Gasteiger partial charge in [0.05, 0.1) is 12.9 Å². The van der Waals surface area contributed by atoms with Crippen molar-refractivity contribution in [2.45, 2.75) is 38.8 Å². The lowest BCUT2D eigenvalue weighted by Crippen LogP contribution is -2.57. The molecule has 1 aromatic carbocycles. The van der Waals surface area contributed by atoms with Gasteiger partial charge in [-0.05, 0) is 44.9 Å². The molecular formula is C18H30N2O4S. The van der Waals surface area contributed by atoms with Crippen molar-refractivity contribution in [1.29, 1.82) is 0 Å². The first-order valence-corrected chi connectivity index (χ1v) is 10.6. The molecule has 1 saturated heterocycles. The van der Waals surface area contributed by atoms with E-state index in [9.17, 15) is 8.42 Å². The van der Waals surface area contributed by atoms with Gasteiger partial charge in [-0.15, -0.1) is 0 Å². The summed E-state index contributed by atoms with van der Waals surface area (Å²) in [4.78, 5) is 2.26. The summed E-state index contributed by atoms with van der Waals surface area (Å²) in [6.45, 7) is 6.83. The Hall–Kier alpha value is -1.15. The van der Waals surface area contributed by atoms with Gasteiger partial charge in [-0.3, -0.25) is 4.90 Å². The molecular weight excluding hydrogens is 340 g/mol. The third-order valence-electron chi connectivity index (χ3n) is 4.56. The zero-order valence-corrected chi connectivity index (χ0v) is 16.4. The zero-order valence-electron chi connectivity index (χ0n) is 15.6. The quantitative estimate of drug-likeness (QED) is 0.755. The van der Waals surface area contributed by atoms with Gasteiger partial charge in [0.25, 0.3) is 0 Å². The number of hydrogen-bond donors (Lipinski definition) is 1. The standard InChI is InChI=1S/C18H30N2O4S/c1-14-7-8-18(15(2)12-14)24-11-10-20-9-5-6-16(17(20)13-23-3)19-25(4,21)22/h7-8,12,16-17,19H,5-6,9-11,13H2,1-4H3/t16-,17-/m0/s1. The van der Waals surface area contributed by atoms with Gasteiger partial charge in [0.15, 0.2) is 0 Å². The van der Waals surface area contributed by atoms with E-state index in [1.165, 1.54) is 11.8 Å². The lowest BCUT2D eigenvalue weighted by molar-refractivity contribution is 0.0404. The Morgan fingerprint density at radius 3 is 2.72 bits per heavy atom. The molecule has 0 radical (unpaired) electrons. The summed E-state index contributed by atoms with van der Waals surface area (Å²) in [5, 5.41) is 0. The highest BCUT2D eigenvalue weighted by Gasteiger charge is 2.32. The fraction of sp³-hybridized carbons (Fsp3) is 0.667. The Balaban J connectivity index is 1.96. The topological polar surface area (TPSA) is 67.9 Å². The minimum Gasteiger partial charge on any atom is -0.492 e. The lowest BCUT2D eigenvalue weighted by Gasteiger charge is -2.40. The van der Waals surface area contributed by atoms with E-state index in [0.717, 1.165) is 37.2 Å². The van der Waals surface area contributed by atoms with E-state index in [2.05, 4.69) is 22.6 Å². The number of ether oxygens (including phenoxy) is 2. The van der Waals surface area contributed by atoms with Crippen LogP contribution >= 0.6 is 0 Å². The van der Waals surface area contributed by atoms with Gasteiger partial charge >= 0.3 is 0 Å². The minimum atomic E-state index is -3.24. The predicted molar refractivity (Wildman–Crippen MR) is 99.6 cm³/mol. The molecule has 0 bridgehead atoms. The third kappa shape index (κ3) is 6.26. The van der Waals surface area contributed by atoms with Crippen LogP contribution in [0.3, 0.4) is 0 Å². The zero-order chi connectivity index (χ0) is 18.4. The highest BCUT2D eigenvalue weighted by Crippen LogP contribution is 2.21. The number of methoxy groups -OCH3 is 1. The Kier molecular flexibility index (Phi) is 7.25. The van der Waals surface area contributed by atoms with E-state index < -0.39 is 10.0 Å². The molecule has 6 nitrogen and oxygen atoms in total. The van der Waals surface area contributed by atoms with Crippen LogP contribution in [0, 0.1) is 13.8 Å². The maximum atomic E-state index is 11.6. The van der Waals surface area contributed by atoms with Crippen LogP contribution in [0.25, 0.3) is 0 Å². The van der Waals surface area contributed by atoms with Crippen molar-refractivity contribution in [1.82, 2.24) is 9.62 Å². The van der Waals surface area contributed by atoms with Gasteiger partial charge < -0.3 is 9.47 Å². The van der Waals surface area contributed by atoms with Gasteiger partial charge in [0, 0.05) is 25.7 Å². The van der Waals surface area contributed by atoms with Crippen molar-refractivity contribution in [3.8, 4) is 5.75 Å². The second kappa shape index (κ2) is 8.98. The molecule has 1 aromatic rings. The molecule has 1 aliphatic rings. The molecule has 0 amide bonds. The second-order valence-corrected chi connectivity index (χ2v) is 8.59. The van der Waals surface area contributed by atoms with Crippen molar-refractivity contribution in [2.75, 3.05) is 39.7 Å². The number of piperidine rings is 1. The number of hydrogen-bond acceptors (Lipinski definition) is 5. The van der Waals surface area contributed by atoms with Crippen LogP contribution in [0.4, 0.5) is 0 Å². The molecule has 25 heavy (non-hydrogen) atoms. The summed E-state index contributed by atoms with van der Waals surface area (Å²) in [7, 11) is -1.59. The van der Waals surface area contributed by atoms with E-state index in [1.807, 2.05) is 19.1 Å². The maximum Gasteiger partial charge on any atom is 0.209 e. The summed E-state index contributed by atoms with van der Waals surface area (Å²) in [5.41, 5.74) is 2.35. The monoisotopic (exact) mass is 370 g/mol. The van der Waals surface area contributed by atoms with E-state index in [4.69, 9.17) is 9.47 Å². The van der Waals surface area contributed by atoms with Crippen LogP contribution in [0.1, 0.15) is 24.0 Å². The highest BCUT2D eigenvalue weighted by molar-refractivity contribution is 7.88. The van der Waals surface area contributed by atoms with Crippen LogP contribution in [0.2, 0.25) is 0 Å². The smallest absolute Gasteiger partial charge is 0.209 e. The van der Waals surface area contributed by atoms with Crippen molar-refractivity contribution in [2.24, 2.45) is 0 Å². The van der Waals surface area contributed by atoms with Crippen molar-refractivity contribution in [3.63, 3.8) is 0 Å². The van der Waals surface area contributed by atoms with Gasteiger partial charge in [-0.25, -0.2) is 13.1 Å². The molecule has 0 unspecified atom stereocenters. The average molecular weight is 371 g/mol. The maximum absolute atomic E-state index is 11.6. The second-order valence-electron chi connectivity index (χ2n) is 6.81. The molecule has 1 heterocycles. The summed E-state index contributed by atoms with van der Waals surface area (Å²) < 4.78 is 37.3. The first-order chi connectivity index (χ1) is 11.8. The molecule has 0 aliphatic carbocycles. The average Bonchev–Trinajstić information content (AvgIpc) is 2.51. The Morgan fingerprint density at radius 2 is 2.08 bits per heavy atom. The molecule has 0 saturated carbocycles. The molecule has 0 aromatic heterocycles. The normalized spacial score (nSPS) is 22.1. The largest absolute Gasteiger partial charge is 0.492 e. The van der Waals surface area contributed by atoms with Crippen molar-refractivity contribution in [3.05, 3.63) is 29.3 Å². The molecule has 2 atom stereocenters. The van der Waals surface area contributed by atoms with Gasteiger partial charge in [0.2, 0.25) is 10.0 Å². The number of sulfonamides is 1. The summed E-state index contributed by atoms with van der Waals surface area (Å²) in [6, 6.07) is 6.06. The molecule has 1 fully saturated rings. The molecule has 1 N–H and O–H groups in total. The molecule has 7 heteroatoms. The number of rotatable bonds is 8. The van der Waals surface area contributed by atoms with Crippen LogP contribution in [-0.2, 0) is 14.8 Å². The van der Waals surface area contributed by atoms with Gasteiger partial charge in [-0.2, -0.15) is 0 Å². The minimum absolute atomic E-state index is 0.0242.